The summed E-state index contributed by atoms with van der Waals surface area (Å²) < 4.78 is 21.2. The van der Waals surface area contributed by atoms with Crippen LogP contribution in [0.2, 0.25) is 0 Å². The van der Waals surface area contributed by atoms with Gasteiger partial charge in [0.25, 0.3) is 5.56 Å². The van der Waals surface area contributed by atoms with E-state index >= 15 is 0 Å². The topological polar surface area (TPSA) is 83.2 Å². The van der Waals surface area contributed by atoms with Crippen LogP contribution in [0.1, 0.15) is 32.1 Å². The molecule has 4 rings (SSSR count). The molecule has 0 aliphatic rings. The molecule has 4 aromatic rings. The fourth-order valence-electron chi connectivity index (χ4n) is 3.79. The van der Waals surface area contributed by atoms with Gasteiger partial charge in [-0.2, -0.15) is 0 Å². The van der Waals surface area contributed by atoms with Gasteiger partial charge in [-0.1, -0.05) is 0 Å². The van der Waals surface area contributed by atoms with Crippen LogP contribution in [0.3, 0.4) is 0 Å². The summed E-state index contributed by atoms with van der Waals surface area (Å²) >= 11 is 0. The molecular formula is C24H20FN3O4. The Kier molecular flexibility index (Phi) is 5.44. The lowest BCUT2D eigenvalue weighted by molar-refractivity contribution is 0.0600. The van der Waals surface area contributed by atoms with Gasteiger partial charge in [-0.15, -0.1) is 0 Å². The second-order valence-corrected chi connectivity index (χ2v) is 7.42. The molecule has 0 atom stereocenters. The van der Waals surface area contributed by atoms with E-state index in [-0.39, 0.29) is 23.2 Å². The minimum Gasteiger partial charge on any atom is -0.465 e. The molecule has 2 heterocycles. The first-order valence-corrected chi connectivity index (χ1v) is 9.85. The first-order chi connectivity index (χ1) is 15.3. The van der Waals surface area contributed by atoms with Gasteiger partial charge in [-0.25, -0.2) is 14.2 Å². The Bertz CT molecular complexity index is 1420. The van der Waals surface area contributed by atoms with E-state index in [1.807, 2.05) is 18.4 Å². The van der Waals surface area contributed by atoms with Crippen LogP contribution in [0, 0.1) is 19.7 Å². The maximum absolute atomic E-state index is 13.4. The molecule has 0 fully saturated rings. The van der Waals surface area contributed by atoms with Crippen molar-refractivity contribution in [2.24, 2.45) is 0 Å². The maximum atomic E-state index is 13.4. The zero-order valence-electron chi connectivity index (χ0n) is 17.8. The van der Waals surface area contributed by atoms with Gasteiger partial charge in [-0.3, -0.25) is 14.2 Å². The monoisotopic (exact) mass is 433 g/mol. The van der Waals surface area contributed by atoms with Crippen molar-refractivity contribution in [3.8, 4) is 5.69 Å². The van der Waals surface area contributed by atoms with Crippen molar-refractivity contribution >= 4 is 22.7 Å². The predicted molar refractivity (Wildman–Crippen MR) is 117 cm³/mol. The first kappa shape index (κ1) is 21.2. The largest absolute Gasteiger partial charge is 0.465 e. The zero-order valence-corrected chi connectivity index (χ0v) is 17.8. The average Bonchev–Trinajstić information content (AvgIpc) is 3.09. The number of aromatic nitrogens is 3. The summed E-state index contributed by atoms with van der Waals surface area (Å²) in [5.41, 5.74) is 3.07. The molecule has 7 nitrogen and oxygen atoms in total. The minimum absolute atomic E-state index is 0.190. The number of esters is 1. The summed E-state index contributed by atoms with van der Waals surface area (Å²) in [6.45, 7) is 3.50. The van der Waals surface area contributed by atoms with E-state index in [1.165, 1.54) is 36.2 Å². The standard InChI is InChI=1S/C24H20FN3O4/c1-14-10-20(15(2)28(14)18-7-4-16(5-8-18)24(31)32-3)22(29)12-27-13-26-21-11-17(25)6-9-19(21)23(27)30/h4-11,13H,12H2,1-3H3. The molecule has 0 unspecified atom stereocenters. The Morgan fingerprint density at radius 1 is 1.06 bits per heavy atom. The van der Waals surface area contributed by atoms with Crippen molar-refractivity contribution in [2.45, 2.75) is 20.4 Å². The molecule has 0 saturated carbocycles. The number of ether oxygens (including phenoxy) is 1. The number of nitrogens with zero attached hydrogens (tertiary/aromatic N) is 3. The summed E-state index contributed by atoms with van der Waals surface area (Å²) in [6, 6.07) is 12.4. The Hall–Kier alpha value is -4.07. The summed E-state index contributed by atoms with van der Waals surface area (Å²) in [4.78, 5) is 41.5. The Morgan fingerprint density at radius 2 is 1.78 bits per heavy atom. The molecule has 0 N–H and O–H groups in total. The van der Waals surface area contributed by atoms with Gasteiger partial charge in [0, 0.05) is 28.7 Å². The van der Waals surface area contributed by atoms with Gasteiger partial charge < -0.3 is 9.30 Å². The lowest BCUT2D eigenvalue weighted by atomic mass is 10.1. The third kappa shape index (κ3) is 3.71. The van der Waals surface area contributed by atoms with E-state index in [9.17, 15) is 18.8 Å². The van der Waals surface area contributed by atoms with Crippen LogP contribution >= 0.6 is 0 Å². The van der Waals surface area contributed by atoms with Crippen molar-refractivity contribution in [2.75, 3.05) is 7.11 Å². The van der Waals surface area contributed by atoms with Crippen molar-refractivity contribution in [3.05, 3.63) is 93.5 Å². The van der Waals surface area contributed by atoms with Crippen LogP contribution < -0.4 is 5.56 Å². The number of benzene rings is 2. The summed E-state index contributed by atoms with van der Waals surface area (Å²) in [5.74, 6) is -1.16. The molecular weight excluding hydrogens is 413 g/mol. The number of ketones is 1. The highest BCUT2D eigenvalue weighted by atomic mass is 19.1. The number of aryl methyl sites for hydroxylation is 1. The van der Waals surface area contributed by atoms with E-state index in [0.717, 1.165) is 11.4 Å². The Labute approximate surface area is 182 Å². The molecule has 0 aliphatic heterocycles. The van der Waals surface area contributed by atoms with Crippen molar-refractivity contribution in [1.82, 2.24) is 14.1 Å². The molecule has 0 bridgehead atoms. The molecule has 162 valence electrons. The van der Waals surface area contributed by atoms with Crippen LogP contribution in [0.4, 0.5) is 4.39 Å². The van der Waals surface area contributed by atoms with E-state index < -0.39 is 17.3 Å². The quantitative estimate of drug-likeness (QED) is 0.355. The fraction of sp³-hybridized carbons (Fsp3) is 0.167. The number of fused-ring (bicyclic) bond motifs is 1. The molecule has 0 spiro atoms. The number of methoxy groups -OCH3 is 1. The summed E-state index contributed by atoms with van der Waals surface area (Å²) in [7, 11) is 1.32. The molecule has 2 aromatic carbocycles. The molecule has 2 aromatic heterocycles. The zero-order chi connectivity index (χ0) is 23.0. The maximum Gasteiger partial charge on any atom is 0.337 e. The van der Waals surface area contributed by atoms with Crippen LogP contribution in [0.5, 0.6) is 0 Å². The van der Waals surface area contributed by atoms with E-state index in [1.54, 1.807) is 30.3 Å². The highest BCUT2D eigenvalue weighted by Crippen LogP contribution is 2.22. The van der Waals surface area contributed by atoms with E-state index in [2.05, 4.69) is 4.98 Å². The number of carbonyl (C=O) groups is 2. The first-order valence-electron chi connectivity index (χ1n) is 9.85. The van der Waals surface area contributed by atoms with Gasteiger partial charge in [0.1, 0.15) is 5.82 Å². The third-order valence-electron chi connectivity index (χ3n) is 5.38. The van der Waals surface area contributed by atoms with Gasteiger partial charge in [0.15, 0.2) is 5.78 Å². The number of rotatable bonds is 5. The lowest BCUT2D eigenvalue weighted by Crippen LogP contribution is -2.25. The number of halogens is 1. The minimum atomic E-state index is -0.481. The molecule has 0 radical (unpaired) electrons. The number of hydrogen-bond donors (Lipinski definition) is 0. The summed E-state index contributed by atoms with van der Waals surface area (Å²) in [6.07, 6.45) is 1.26. The van der Waals surface area contributed by atoms with Crippen molar-refractivity contribution < 1.29 is 18.7 Å². The van der Waals surface area contributed by atoms with Crippen molar-refractivity contribution in [1.29, 1.82) is 0 Å². The molecule has 32 heavy (non-hydrogen) atoms. The van der Waals surface area contributed by atoms with Crippen LogP contribution in [-0.4, -0.2) is 33.0 Å². The van der Waals surface area contributed by atoms with Gasteiger partial charge in [0.2, 0.25) is 0 Å². The average molecular weight is 433 g/mol. The van der Waals surface area contributed by atoms with Crippen LogP contribution in [0.25, 0.3) is 16.6 Å². The predicted octanol–water partition coefficient (Wildman–Crippen LogP) is 3.61. The van der Waals surface area contributed by atoms with E-state index in [4.69, 9.17) is 4.74 Å². The Balaban J connectivity index is 1.65. The normalized spacial score (nSPS) is 11.0. The number of carbonyl (C=O) groups excluding carboxylic acids is 2. The fourth-order valence-corrected chi connectivity index (χ4v) is 3.79. The van der Waals surface area contributed by atoms with Crippen molar-refractivity contribution in [3.63, 3.8) is 0 Å². The second kappa shape index (κ2) is 8.22. The van der Waals surface area contributed by atoms with Gasteiger partial charge in [-0.05, 0) is 56.3 Å². The van der Waals surface area contributed by atoms with E-state index in [0.29, 0.717) is 16.8 Å². The highest BCUT2D eigenvalue weighted by Gasteiger charge is 2.18. The van der Waals surface area contributed by atoms with Gasteiger partial charge in [0.05, 0.1) is 36.4 Å². The summed E-state index contributed by atoms with van der Waals surface area (Å²) in [5, 5.41) is 0.248. The van der Waals surface area contributed by atoms with Crippen LogP contribution in [0.15, 0.2) is 59.7 Å². The molecule has 0 amide bonds. The van der Waals surface area contributed by atoms with Gasteiger partial charge >= 0.3 is 5.97 Å². The molecule has 8 heteroatoms. The SMILES string of the molecule is COC(=O)c1ccc(-n2c(C)cc(C(=O)Cn3cnc4cc(F)ccc4c3=O)c2C)cc1. The second-order valence-electron chi connectivity index (χ2n) is 7.42. The smallest absolute Gasteiger partial charge is 0.337 e. The highest BCUT2D eigenvalue weighted by molar-refractivity contribution is 5.97. The molecule has 0 saturated heterocycles. The molecule has 0 aliphatic carbocycles. The lowest BCUT2D eigenvalue weighted by Gasteiger charge is -2.11. The number of hydrogen-bond acceptors (Lipinski definition) is 5. The Morgan fingerprint density at radius 3 is 2.47 bits per heavy atom. The third-order valence-corrected chi connectivity index (χ3v) is 5.38. The van der Waals surface area contributed by atoms with Crippen LogP contribution in [-0.2, 0) is 11.3 Å². The number of Topliss-reactive ketones (excluding diaryl/α,β-unsaturated/α-hetero) is 1.